The molecule has 0 radical (unpaired) electrons. The summed E-state index contributed by atoms with van der Waals surface area (Å²) in [5.41, 5.74) is 23.2. The molecule has 20 aromatic rings. The van der Waals surface area contributed by atoms with Crippen molar-refractivity contribution in [2.45, 2.75) is 0 Å². The maximum absolute atomic E-state index is 5.29. The van der Waals surface area contributed by atoms with Crippen LogP contribution in [0.2, 0.25) is 0 Å². The van der Waals surface area contributed by atoms with Crippen molar-refractivity contribution >= 4 is 64.9 Å². The van der Waals surface area contributed by atoms with Crippen molar-refractivity contribution in [1.29, 1.82) is 0 Å². The minimum absolute atomic E-state index is 0.640. The van der Waals surface area contributed by atoms with E-state index in [0.717, 1.165) is 128 Å². The summed E-state index contributed by atoms with van der Waals surface area (Å²) >= 11 is 0. The molecule has 4 heterocycles. The minimum Gasteiger partial charge on any atom is -0.247 e. The van der Waals surface area contributed by atoms with E-state index < -0.39 is 0 Å². The number of fused-ring (bicyclic) bond motifs is 8. The lowest BCUT2D eigenvalue weighted by Gasteiger charge is -2.16. The van der Waals surface area contributed by atoms with E-state index in [-0.39, 0.29) is 0 Å². The predicted molar refractivity (Wildman–Crippen MR) is 448 cm³/mol. The Kier molecular flexibility index (Phi) is 16.8. The van der Waals surface area contributed by atoms with Crippen LogP contribution in [0.1, 0.15) is 0 Å². The largest absolute Gasteiger partial charge is 0.247 e. The highest BCUT2D eigenvalue weighted by Crippen LogP contribution is 2.44. The molecular formula is C101H65N7. The lowest BCUT2D eigenvalue weighted by molar-refractivity contribution is 1.07. The normalized spacial score (nSPS) is 11.3. The van der Waals surface area contributed by atoms with Gasteiger partial charge in [0.2, 0.25) is 0 Å². The Bertz CT molecular complexity index is 6230. The van der Waals surface area contributed by atoms with Crippen LogP contribution in [0.5, 0.6) is 0 Å². The van der Waals surface area contributed by atoms with Gasteiger partial charge in [0.05, 0.1) is 33.8 Å². The molecule has 0 fully saturated rings. The molecule has 4 aromatic heterocycles. The van der Waals surface area contributed by atoms with Crippen LogP contribution >= 0.6 is 0 Å². The van der Waals surface area contributed by atoms with Crippen molar-refractivity contribution in [3.05, 3.63) is 394 Å². The molecule has 108 heavy (non-hydrogen) atoms. The van der Waals surface area contributed by atoms with Gasteiger partial charge in [0.25, 0.3) is 0 Å². The number of para-hydroxylation sites is 2. The zero-order chi connectivity index (χ0) is 71.7. The fourth-order valence-electron chi connectivity index (χ4n) is 15.1. The monoisotopic (exact) mass is 1380 g/mol. The second kappa shape index (κ2) is 28.3. The number of rotatable bonds is 12. The smallest absolute Gasteiger partial charge is 0.164 e. The standard InChI is InChI=1S/C51H33N3.C50H32N4/c1-3-15-36(16-4-1)47-33-48(54-51(53-47)38-17-5-2-6-18-38)37-30-28-34(29-31-37)39-20-11-21-40(32-39)42-24-13-26-45-49(42)44-23-9-10-27-46(44)52-50(45)43-25-12-19-35-14-7-8-22-41(35)43;1-3-15-35(16-4-1)48-52-49(36-17-5-2-6-18-36)54-50(53-48)37-30-28-33(29-31-37)38-20-11-21-39(32-38)41-24-13-26-44-46(41)43-23-9-10-27-45(43)51-47(44)42-25-12-19-34-14-7-8-22-40(34)42/h1-33H;1-32H. The van der Waals surface area contributed by atoms with Gasteiger partial charge in [-0.15, -0.1) is 0 Å². The molecule has 0 unspecified atom stereocenters. The molecule has 7 heteroatoms. The third kappa shape index (κ3) is 12.4. The van der Waals surface area contributed by atoms with Crippen molar-refractivity contribution in [3.8, 4) is 135 Å². The van der Waals surface area contributed by atoms with E-state index in [0.29, 0.717) is 23.3 Å². The van der Waals surface area contributed by atoms with Crippen molar-refractivity contribution in [2.75, 3.05) is 0 Å². The van der Waals surface area contributed by atoms with Crippen LogP contribution in [0.3, 0.4) is 0 Å². The fraction of sp³-hybridized carbons (Fsp3) is 0. The zero-order valence-electron chi connectivity index (χ0n) is 58.7. The summed E-state index contributed by atoms with van der Waals surface area (Å²) in [6.45, 7) is 0. The highest BCUT2D eigenvalue weighted by Gasteiger charge is 2.21. The SMILES string of the molecule is c1ccc(-c2cc(-c3ccc(-c4cccc(-c5cccc6c(-c7cccc8ccccc78)nc7ccccc7c56)c4)cc3)nc(-c3ccccc3)n2)cc1.c1ccc(-c2nc(-c3ccccc3)nc(-c3ccc(-c4cccc(-c5cccc6c(-c7cccc8ccccc78)nc7ccccc7c56)c4)cc3)n2)cc1. The Morgan fingerprint density at radius 1 is 0.148 bits per heavy atom. The van der Waals surface area contributed by atoms with E-state index in [1.54, 1.807) is 0 Å². The maximum Gasteiger partial charge on any atom is 0.164 e. The highest BCUT2D eigenvalue weighted by molar-refractivity contribution is 6.20. The second-order valence-electron chi connectivity index (χ2n) is 27.0. The quantitative estimate of drug-likeness (QED) is 0.113. The molecule has 7 nitrogen and oxygen atoms in total. The number of benzene rings is 16. The molecule has 0 aliphatic heterocycles. The lowest BCUT2D eigenvalue weighted by Crippen LogP contribution is -2.00. The van der Waals surface area contributed by atoms with Crippen molar-refractivity contribution in [3.63, 3.8) is 0 Å². The molecule has 0 N–H and O–H groups in total. The van der Waals surface area contributed by atoms with Gasteiger partial charge in [-0.25, -0.2) is 34.9 Å². The van der Waals surface area contributed by atoms with Gasteiger partial charge in [0.1, 0.15) is 0 Å². The summed E-state index contributed by atoms with van der Waals surface area (Å²) in [7, 11) is 0. The van der Waals surface area contributed by atoms with Crippen LogP contribution in [0.25, 0.3) is 200 Å². The molecule has 0 bridgehead atoms. The molecule has 0 spiro atoms. The molecule has 504 valence electrons. The molecule has 20 rings (SSSR count). The van der Waals surface area contributed by atoms with Gasteiger partial charge < -0.3 is 0 Å². The van der Waals surface area contributed by atoms with E-state index >= 15 is 0 Å². The van der Waals surface area contributed by atoms with Crippen LogP contribution in [0.4, 0.5) is 0 Å². The summed E-state index contributed by atoms with van der Waals surface area (Å²) in [4.78, 5) is 35.3. The minimum atomic E-state index is 0.640. The molecule has 0 saturated carbocycles. The third-order valence-corrected chi connectivity index (χ3v) is 20.4. The van der Waals surface area contributed by atoms with E-state index in [1.165, 1.54) is 49.0 Å². The Balaban J connectivity index is 0.000000147. The van der Waals surface area contributed by atoms with Gasteiger partial charge in [0.15, 0.2) is 23.3 Å². The summed E-state index contributed by atoms with van der Waals surface area (Å²) in [5.74, 6) is 2.65. The highest BCUT2D eigenvalue weighted by atomic mass is 15.0. The van der Waals surface area contributed by atoms with Crippen LogP contribution < -0.4 is 0 Å². The van der Waals surface area contributed by atoms with Gasteiger partial charge in [-0.1, -0.05) is 364 Å². The average Bonchev–Trinajstić information content (AvgIpc) is 0.741. The number of pyridine rings is 2. The van der Waals surface area contributed by atoms with E-state index in [9.17, 15) is 0 Å². The van der Waals surface area contributed by atoms with Crippen molar-refractivity contribution in [1.82, 2.24) is 34.9 Å². The first-order valence-electron chi connectivity index (χ1n) is 36.4. The van der Waals surface area contributed by atoms with Gasteiger partial charge in [0, 0.05) is 76.8 Å². The van der Waals surface area contributed by atoms with E-state index in [2.05, 4.69) is 297 Å². The maximum atomic E-state index is 5.29. The number of aromatic nitrogens is 7. The summed E-state index contributed by atoms with van der Waals surface area (Å²) in [6, 6.07) is 138. The Hall–Kier alpha value is -14.5. The third-order valence-electron chi connectivity index (χ3n) is 20.4. The Morgan fingerprint density at radius 3 is 0.861 bits per heavy atom. The summed E-state index contributed by atoms with van der Waals surface area (Å²) in [6.07, 6.45) is 0. The zero-order valence-corrected chi connectivity index (χ0v) is 58.7. The Labute approximate surface area is 625 Å². The number of nitrogens with zero attached hydrogens (tertiary/aromatic N) is 7. The van der Waals surface area contributed by atoms with Crippen LogP contribution in [-0.2, 0) is 0 Å². The molecule has 0 amide bonds. The topological polar surface area (TPSA) is 90.2 Å². The fourth-order valence-corrected chi connectivity index (χ4v) is 15.1. The van der Waals surface area contributed by atoms with Crippen LogP contribution in [0, 0.1) is 0 Å². The summed E-state index contributed by atoms with van der Waals surface area (Å²) < 4.78 is 0. The van der Waals surface area contributed by atoms with E-state index in [1.807, 2.05) is 97.1 Å². The van der Waals surface area contributed by atoms with Crippen molar-refractivity contribution < 1.29 is 0 Å². The first kappa shape index (κ1) is 64.3. The first-order valence-corrected chi connectivity index (χ1v) is 36.4. The molecule has 0 saturated heterocycles. The Morgan fingerprint density at radius 2 is 0.426 bits per heavy atom. The molecule has 0 atom stereocenters. The van der Waals surface area contributed by atoms with Crippen LogP contribution in [-0.4, -0.2) is 34.9 Å². The van der Waals surface area contributed by atoms with E-state index in [4.69, 9.17) is 34.9 Å². The molecule has 16 aromatic carbocycles. The number of hydrogen-bond acceptors (Lipinski definition) is 7. The average molecular weight is 1380 g/mol. The molecule has 0 aliphatic rings. The van der Waals surface area contributed by atoms with Gasteiger partial charge in [-0.3, -0.25) is 0 Å². The first-order chi connectivity index (χ1) is 53.5. The lowest BCUT2D eigenvalue weighted by atomic mass is 9.90. The predicted octanol–water partition coefficient (Wildman–Crippen LogP) is 26.1. The van der Waals surface area contributed by atoms with Gasteiger partial charge in [-0.05, 0) is 96.4 Å². The van der Waals surface area contributed by atoms with Crippen molar-refractivity contribution in [2.24, 2.45) is 0 Å². The number of hydrogen-bond donors (Lipinski definition) is 0. The second-order valence-corrected chi connectivity index (χ2v) is 27.0. The molecule has 0 aliphatic carbocycles. The molecular weight excluding hydrogens is 1310 g/mol. The van der Waals surface area contributed by atoms with Crippen LogP contribution in [0.15, 0.2) is 394 Å². The van der Waals surface area contributed by atoms with Gasteiger partial charge >= 0.3 is 0 Å². The van der Waals surface area contributed by atoms with Gasteiger partial charge in [-0.2, -0.15) is 0 Å². The summed E-state index contributed by atoms with van der Waals surface area (Å²) in [5, 5.41) is 11.8.